The van der Waals surface area contributed by atoms with Crippen molar-refractivity contribution in [2.45, 2.75) is 13.3 Å². The molecule has 3 nitrogen and oxygen atoms in total. The number of Topliss-reactive ketones (excluding diaryl/α,β-unsaturated/α-hetero) is 1. The summed E-state index contributed by atoms with van der Waals surface area (Å²) in [6.07, 6.45) is 0.503. The number of hydrogen-bond acceptors (Lipinski definition) is 3. The van der Waals surface area contributed by atoms with Crippen LogP contribution in [-0.2, 0) is 0 Å². The summed E-state index contributed by atoms with van der Waals surface area (Å²) < 4.78 is 5.80. The number of ether oxygens (including phenoxy) is 1. The third-order valence-electron chi connectivity index (χ3n) is 3.00. The van der Waals surface area contributed by atoms with E-state index >= 15 is 0 Å². The van der Waals surface area contributed by atoms with Crippen LogP contribution in [0.3, 0.4) is 0 Å². The minimum atomic E-state index is 0.125. The highest BCUT2D eigenvalue weighted by atomic mass is 16.5. The van der Waals surface area contributed by atoms with Crippen LogP contribution in [0.2, 0.25) is 0 Å². The molecule has 2 aromatic rings. The molecule has 0 spiro atoms. The predicted molar refractivity (Wildman–Crippen MR) is 70.9 cm³/mol. The third-order valence-corrected chi connectivity index (χ3v) is 3.00. The van der Waals surface area contributed by atoms with Crippen LogP contribution in [-0.4, -0.2) is 5.78 Å². The van der Waals surface area contributed by atoms with Gasteiger partial charge in [-0.25, -0.2) is 0 Å². The van der Waals surface area contributed by atoms with Crippen LogP contribution in [0.25, 0.3) is 0 Å². The van der Waals surface area contributed by atoms with Crippen LogP contribution in [0.4, 0.5) is 11.4 Å². The Morgan fingerprint density at radius 1 is 1.11 bits per heavy atom. The van der Waals surface area contributed by atoms with Gasteiger partial charge in [0.05, 0.1) is 11.4 Å². The Morgan fingerprint density at radius 3 is 2.72 bits per heavy atom. The number of ketones is 1. The first-order valence-electron chi connectivity index (χ1n) is 5.99. The van der Waals surface area contributed by atoms with Crippen molar-refractivity contribution >= 4 is 17.2 Å². The zero-order valence-electron chi connectivity index (χ0n) is 10.1. The van der Waals surface area contributed by atoms with Crippen LogP contribution in [0.15, 0.2) is 42.5 Å². The highest BCUT2D eigenvalue weighted by Gasteiger charge is 2.17. The molecule has 0 fully saturated rings. The number of para-hydroxylation sites is 2. The highest BCUT2D eigenvalue weighted by molar-refractivity contribution is 5.97. The molecule has 0 radical (unpaired) electrons. The molecule has 1 N–H and O–H groups in total. The molecule has 2 aromatic carbocycles. The van der Waals surface area contributed by atoms with Gasteiger partial charge in [-0.05, 0) is 30.3 Å². The second-order valence-corrected chi connectivity index (χ2v) is 4.21. The van der Waals surface area contributed by atoms with Gasteiger partial charge in [-0.3, -0.25) is 4.79 Å². The van der Waals surface area contributed by atoms with E-state index in [1.165, 1.54) is 0 Å². The Morgan fingerprint density at radius 2 is 1.89 bits per heavy atom. The van der Waals surface area contributed by atoms with Crippen molar-refractivity contribution in [1.29, 1.82) is 0 Å². The van der Waals surface area contributed by atoms with Gasteiger partial charge in [0.25, 0.3) is 0 Å². The molecule has 0 saturated carbocycles. The first-order valence-corrected chi connectivity index (χ1v) is 5.99. The minimum absolute atomic E-state index is 0.125. The van der Waals surface area contributed by atoms with Crippen LogP contribution >= 0.6 is 0 Å². The third kappa shape index (κ3) is 1.74. The maximum atomic E-state index is 11.7. The lowest BCUT2D eigenvalue weighted by atomic mass is 10.1. The van der Waals surface area contributed by atoms with Gasteiger partial charge in [0, 0.05) is 12.0 Å². The Bertz CT molecular complexity index is 620. The van der Waals surface area contributed by atoms with Gasteiger partial charge in [-0.15, -0.1) is 0 Å². The molecule has 0 aliphatic carbocycles. The monoisotopic (exact) mass is 239 g/mol. The Hall–Kier alpha value is -2.29. The Balaban J connectivity index is 2.01. The van der Waals surface area contributed by atoms with Crippen molar-refractivity contribution in [2.75, 3.05) is 5.32 Å². The Labute approximate surface area is 105 Å². The molecule has 18 heavy (non-hydrogen) atoms. The van der Waals surface area contributed by atoms with Crippen molar-refractivity contribution in [3.8, 4) is 11.5 Å². The van der Waals surface area contributed by atoms with Gasteiger partial charge < -0.3 is 10.1 Å². The number of hydrogen-bond donors (Lipinski definition) is 1. The molecule has 3 heteroatoms. The summed E-state index contributed by atoms with van der Waals surface area (Å²) in [5, 5.41) is 3.29. The molecule has 1 aliphatic rings. The smallest absolute Gasteiger partial charge is 0.162 e. The van der Waals surface area contributed by atoms with Crippen molar-refractivity contribution in [3.63, 3.8) is 0 Å². The lowest BCUT2D eigenvalue weighted by molar-refractivity contribution is 0.0988. The van der Waals surface area contributed by atoms with Crippen molar-refractivity contribution in [2.24, 2.45) is 0 Å². The van der Waals surface area contributed by atoms with Crippen molar-refractivity contribution in [3.05, 3.63) is 48.0 Å². The van der Waals surface area contributed by atoms with E-state index in [1.807, 2.05) is 43.3 Å². The molecule has 1 aliphatic heterocycles. The van der Waals surface area contributed by atoms with E-state index in [0.29, 0.717) is 17.7 Å². The quantitative estimate of drug-likeness (QED) is 0.683. The first-order chi connectivity index (χ1) is 8.78. The summed E-state index contributed by atoms with van der Waals surface area (Å²) in [6.45, 7) is 1.86. The molecular weight excluding hydrogens is 226 g/mol. The predicted octanol–water partition coefficient (Wildman–Crippen LogP) is 4.13. The number of anilines is 2. The molecule has 0 amide bonds. The standard InChI is InChI=1S/C15H13NO2/c1-2-13(17)10-7-8-12-15(9-10)18-14-6-4-3-5-11(14)16-12/h3-9,16H,2H2,1H3. The topological polar surface area (TPSA) is 38.3 Å². The summed E-state index contributed by atoms with van der Waals surface area (Å²) in [5.74, 6) is 1.61. The first kappa shape index (κ1) is 10.8. The Kier molecular flexibility index (Phi) is 2.52. The molecule has 0 saturated heterocycles. The molecule has 1 heterocycles. The van der Waals surface area contributed by atoms with E-state index in [4.69, 9.17) is 4.74 Å². The molecule has 0 bridgehead atoms. The number of carbonyl (C=O) groups excluding carboxylic acids is 1. The second kappa shape index (κ2) is 4.18. The number of fused-ring (bicyclic) bond motifs is 2. The van der Waals surface area contributed by atoms with Crippen molar-refractivity contribution in [1.82, 2.24) is 0 Å². The molecular formula is C15H13NO2. The van der Waals surface area contributed by atoms with Gasteiger partial charge in [-0.2, -0.15) is 0 Å². The fraction of sp³-hybridized carbons (Fsp3) is 0.133. The van der Waals surface area contributed by atoms with E-state index in [9.17, 15) is 4.79 Å². The second-order valence-electron chi connectivity index (χ2n) is 4.21. The lowest BCUT2D eigenvalue weighted by Gasteiger charge is -2.21. The van der Waals surface area contributed by atoms with E-state index in [-0.39, 0.29) is 5.78 Å². The zero-order chi connectivity index (χ0) is 12.5. The van der Waals surface area contributed by atoms with Crippen LogP contribution in [0.5, 0.6) is 11.5 Å². The van der Waals surface area contributed by atoms with E-state index in [2.05, 4.69) is 5.32 Å². The maximum Gasteiger partial charge on any atom is 0.162 e. The molecule has 0 atom stereocenters. The molecule has 90 valence electrons. The number of carbonyl (C=O) groups is 1. The van der Waals surface area contributed by atoms with E-state index in [0.717, 1.165) is 17.1 Å². The average molecular weight is 239 g/mol. The summed E-state index contributed by atoms with van der Waals surface area (Å²) >= 11 is 0. The van der Waals surface area contributed by atoms with E-state index in [1.54, 1.807) is 6.07 Å². The van der Waals surface area contributed by atoms with Crippen molar-refractivity contribution < 1.29 is 9.53 Å². The van der Waals surface area contributed by atoms with Gasteiger partial charge in [0.2, 0.25) is 0 Å². The molecule has 0 unspecified atom stereocenters. The van der Waals surface area contributed by atoms with Gasteiger partial charge >= 0.3 is 0 Å². The summed E-state index contributed by atoms with van der Waals surface area (Å²) in [6, 6.07) is 13.2. The molecule has 3 rings (SSSR count). The van der Waals surface area contributed by atoms with Crippen LogP contribution < -0.4 is 10.1 Å². The van der Waals surface area contributed by atoms with E-state index < -0.39 is 0 Å². The van der Waals surface area contributed by atoms with Gasteiger partial charge in [-0.1, -0.05) is 19.1 Å². The SMILES string of the molecule is CCC(=O)c1ccc2c(c1)Oc1ccccc1N2. The fourth-order valence-electron chi connectivity index (χ4n) is 2.01. The number of nitrogens with one attached hydrogen (secondary N) is 1. The summed E-state index contributed by atoms with van der Waals surface area (Å²) in [5.41, 5.74) is 2.53. The van der Waals surface area contributed by atoms with Gasteiger partial charge in [0.1, 0.15) is 0 Å². The minimum Gasteiger partial charge on any atom is -0.453 e. The largest absolute Gasteiger partial charge is 0.453 e. The summed E-state index contributed by atoms with van der Waals surface area (Å²) in [7, 11) is 0. The maximum absolute atomic E-state index is 11.7. The number of rotatable bonds is 2. The lowest BCUT2D eigenvalue weighted by Crippen LogP contribution is -2.04. The van der Waals surface area contributed by atoms with Gasteiger partial charge in [0.15, 0.2) is 17.3 Å². The molecule has 0 aromatic heterocycles. The highest BCUT2D eigenvalue weighted by Crippen LogP contribution is 2.41. The zero-order valence-corrected chi connectivity index (χ0v) is 10.1. The fourth-order valence-corrected chi connectivity index (χ4v) is 2.01. The van der Waals surface area contributed by atoms with Crippen LogP contribution in [0, 0.1) is 0 Å². The van der Waals surface area contributed by atoms with Crippen LogP contribution in [0.1, 0.15) is 23.7 Å². The normalized spacial score (nSPS) is 11.8. The summed E-state index contributed by atoms with van der Waals surface area (Å²) in [4.78, 5) is 11.7. The average Bonchev–Trinajstić information content (AvgIpc) is 2.43. The number of benzene rings is 2.